The molecule has 0 aromatic carbocycles. The molecule has 0 saturated heterocycles. The van der Waals surface area contributed by atoms with Crippen LogP contribution in [0.4, 0.5) is 11.5 Å². The SMILES string of the molecule is Cc1nn(C)c(NC(C)CS(C)(=O)=O)c1[N+](=O)[O-]. The Labute approximate surface area is 105 Å². The normalized spacial score (nSPS) is 13.3. The highest BCUT2D eigenvalue weighted by Crippen LogP contribution is 2.27. The molecule has 1 aromatic heterocycles. The molecule has 18 heavy (non-hydrogen) atoms. The fourth-order valence-corrected chi connectivity index (χ4v) is 2.75. The van der Waals surface area contributed by atoms with Crippen molar-refractivity contribution in [1.82, 2.24) is 9.78 Å². The first-order chi connectivity index (χ1) is 8.11. The number of hydrogen-bond acceptors (Lipinski definition) is 6. The molecule has 1 atom stereocenters. The van der Waals surface area contributed by atoms with Gasteiger partial charge in [-0.05, 0) is 13.8 Å². The third kappa shape index (κ3) is 3.42. The monoisotopic (exact) mass is 276 g/mol. The Morgan fingerprint density at radius 1 is 1.56 bits per heavy atom. The molecule has 1 heterocycles. The third-order valence-corrected chi connectivity index (χ3v) is 3.41. The molecule has 1 N–H and O–H groups in total. The molecule has 8 nitrogen and oxygen atoms in total. The minimum absolute atomic E-state index is 0.103. The van der Waals surface area contributed by atoms with Crippen LogP contribution in [0.25, 0.3) is 0 Å². The standard InChI is InChI=1S/C9H16N4O4S/c1-6(5-18(4,16)17)10-9-8(13(14)15)7(2)11-12(9)3/h6,10H,5H2,1-4H3. The number of aryl methyl sites for hydroxylation is 2. The summed E-state index contributed by atoms with van der Waals surface area (Å²) in [5, 5.41) is 17.7. The zero-order valence-corrected chi connectivity index (χ0v) is 11.5. The average molecular weight is 276 g/mol. The Balaban J connectivity index is 3.01. The molecule has 1 aromatic rings. The molecule has 0 spiro atoms. The van der Waals surface area contributed by atoms with E-state index in [1.165, 1.54) is 11.6 Å². The van der Waals surface area contributed by atoms with E-state index in [1.54, 1.807) is 14.0 Å². The van der Waals surface area contributed by atoms with E-state index in [9.17, 15) is 18.5 Å². The Hall–Kier alpha value is -1.64. The Morgan fingerprint density at radius 2 is 2.11 bits per heavy atom. The molecule has 0 fully saturated rings. The van der Waals surface area contributed by atoms with Crippen LogP contribution in [0.15, 0.2) is 0 Å². The molecular formula is C9H16N4O4S. The molecule has 0 saturated carbocycles. The van der Waals surface area contributed by atoms with Crippen LogP contribution in [0.1, 0.15) is 12.6 Å². The topological polar surface area (TPSA) is 107 Å². The maximum Gasteiger partial charge on any atom is 0.333 e. The smallest absolute Gasteiger partial charge is 0.333 e. The Bertz CT molecular complexity index is 563. The van der Waals surface area contributed by atoms with Gasteiger partial charge < -0.3 is 5.32 Å². The van der Waals surface area contributed by atoms with Gasteiger partial charge in [-0.3, -0.25) is 10.1 Å². The van der Waals surface area contributed by atoms with E-state index in [0.717, 1.165) is 6.26 Å². The van der Waals surface area contributed by atoms with Gasteiger partial charge in [-0.15, -0.1) is 0 Å². The van der Waals surface area contributed by atoms with Crippen LogP contribution in [0, 0.1) is 17.0 Å². The van der Waals surface area contributed by atoms with Crippen molar-refractivity contribution < 1.29 is 13.3 Å². The van der Waals surface area contributed by atoms with Gasteiger partial charge in [-0.2, -0.15) is 5.10 Å². The van der Waals surface area contributed by atoms with E-state index in [4.69, 9.17) is 0 Å². The van der Waals surface area contributed by atoms with Crippen molar-refractivity contribution in [2.45, 2.75) is 19.9 Å². The molecule has 0 bridgehead atoms. The molecular weight excluding hydrogens is 260 g/mol. The minimum atomic E-state index is -3.14. The highest BCUT2D eigenvalue weighted by Gasteiger charge is 2.25. The van der Waals surface area contributed by atoms with Gasteiger partial charge in [0, 0.05) is 19.3 Å². The second-order valence-electron chi connectivity index (χ2n) is 4.30. The summed E-state index contributed by atoms with van der Waals surface area (Å²) in [5.74, 6) is 0.114. The number of nitrogens with one attached hydrogen (secondary N) is 1. The van der Waals surface area contributed by atoms with Crippen LogP contribution >= 0.6 is 0 Å². The van der Waals surface area contributed by atoms with Crippen molar-refractivity contribution in [2.75, 3.05) is 17.3 Å². The van der Waals surface area contributed by atoms with Gasteiger partial charge >= 0.3 is 5.69 Å². The molecule has 0 aliphatic heterocycles. The fourth-order valence-electron chi connectivity index (χ4n) is 1.76. The lowest BCUT2D eigenvalue weighted by molar-refractivity contribution is -0.384. The number of aromatic nitrogens is 2. The maximum atomic E-state index is 11.1. The van der Waals surface area contributed by atoms with E-state index in [0.29, 0.717) is 0 Å². The van der Waals surface area contributed by atoms with Crippen molar-refractivity contribution in [3.8, 4) is 0 Å². The summed E-state index contributed by atoms with van der Waals surface area (Å²) in [7, 11) is -1.58. The number of rotatable bonds is 5. The van der Waals surface area contributed by atoms with Crippen LogP contribution in [0.3, 0.4) is 0 Å². The van der Waals surface area contributed by atoms with E-state index >= 15 is 0 Å². The van der Waals surface area contributed by atoms with Crippen molar-refractivity contribution in [3.05, 3.63) is 15.8 Å². The van der Waals surface area contributed by atoms with Crippen molar-refractivity contribution >= 4 is 21.3 Å². The maximum absolute atomic E-state index is 11.1. The molecule has 0 amide bonds. The zero-order chi connectivity index (χ0) is 14.1. The lowest BCUT2D eigenvalue weighted by Crippen LogP contribution is -2.26. The molecule has 102 valence electrons. The van der Waals surface area contributed by atoms with Gasteiger partial charge in [0.25, 0.3) is 0 Å². The molecule has 0 aliphatic carbocycles. The van der Waals surface area contributed by atoms with Crippen LogP contribution < -0.4 is 5.32 Å². The number of anilines is 1. The van der Waals surface area contributed by atoms with Crippen LogP contribution in [-0.2, 0) is 16.9 Å². The molecule has 1 rings (SSSR count). The fraction of sp³-hybridized carbons (Fsp3) is 0.667. The lowest BCUT2D eigenvalue weighted by atomic mass is 10.3. The van der Waals surface area contributed by atoms with Gasteiger partial charge in [0.2, 0.25) is 5.82 Å². The lowest BCUT2D eigenvalue weighted by Gasteiger charge is -2.13. The summed E-state index contributed by atoms with van der Waals surface area (Å²) in [6.07, 6.45) is 1.12. The van der Waals surface area contributed by atoms with E-state index in [-0.39, 0.29) is 23.0 Å². The zero-order valence-electron chi connectivity index (χ0n) is 10.7. The quantitative estimate of drug-likeness (QED) is 0.619. The number of nitrogens with zero attached hydrogens (tertiary/aromatic N) is 3. The number of nitro groups is 1. The average Bonchev–Trinajstić information content (AvgIpc) is 2.37. The second-order valence-corrected chi connectivity index (χ2v) is 6.49. The van der Waals surface area contributed by atoms with Crippen molar-refractivity contribution in [3.63, 3.8) is 0 Å². The summed E-state index contributed by atoms with van der Waals surface area (Å²) < 4.78 is 23.6. The van der Waals surface area contributed by atoms with Gasteiger partial charge in [-0.25, -0.2) is 13.1 Å². The molecule has 0 radical (unpaired) electrons. The van der Waals surface area contributed by atoms with Crippen molar-refractivity contribution in [1.29, 1.82) is 0 Å². The summed E-state index contributed by atoms with van der Waals surface area (Å²) in [5.41, 5.74) is 0.161. The first-order valence-corrected chi connectivity index (χ1v) is 7.30. The predicted octanol–water partition coefficient (Wildman–Crippen LogP) is 0.482. The summed E-state index contributed by atoms with van der Waals surface area (Å²) in [6, 6.07) is -0.437. The minimum Gasteiger partial charge on any atom is -0.361 e. The van der Waals surface area contributed by atoms with Gasteiger partial charge in [0.05, 0.1) is 10.7 Å². The third-order valence-electron chi connectivity index (χ3n) is 2.31. The molecule has 9 heteroatoms. The van der Waals surface area contributed by atoms with E-state index in [2.05, 4.69) is 10.4 Å². The Morgan fingerprint density at radius 3 is 2.56 bits per heavy atom. The molecule has 0 aliphatic rings. The highest BCUT2D eigenvalue weighted by atomic mass is 32.2. The second kappa shape index (κ2) is 4.92. The van der Waals surface area contributed by atoms with Gasteiger partial charge in [-0.1, -0.05) is 0 Å². The van der Waals surface area contributed by atoms with Crippen LogP contribution in [0.2, 0.25) is 0 Å². The van der Waals surface area contributed by atoms with Gasteiger partial charge in [0.15, 0.2) is 0 Å². The van der Waals surface area contributed by atoms with Gasteiger partial charge in [0.1, 0.15) is 15.5 Å². The van der Waals surface area contributed by atoms with Crippen LogP contribution in [0.5, 0.6) is 0 Å². The van der Waals surface area contributed by atoms with Crippen molar-refractivity contribution in [2.24, 2.45) is 7.05 Å². The first kappa shape index (κ1) is 14.4. The van der Waals surface area contributed by atoms with Crippen LogP contribution in [-0.4, -0.2) is 41.2 Å². The molecule has 1 unspecified atom stereocenters. The number of hydrogen-bond donors (Lipinski definition) is 1. The predicted molar refractivity (Wildman–Crippen MR) is 67.4 cm³/mol. The number of sulfone groups is 1. The first-order valence-electron chi connectivity index (χ1n) is 5.24. The summed E-state index contributed by atoms with van der Waals surface area (Å²) >= 11 is 0. The Kier molecular flexibility index (Phi) is 3.95. The van der Waals surface area contributed by atoms with E-state index in [1.807, 2.05) is 0 Å². The summed E-state index contributed by atoms with van der Waals surface area (Å²) in [6.45, 7) is 3.18. The van der Waals surface area contributed by atoms with E-state index < -0.39 is 20.8 Å². The summed E-state index contributed by atoms with van der Waals surface area (Å²) in [4.78, 5) is 10.4. The largest absolute Gasteiger partial charge is 0.361 e. The highest BCUT2D eigenvalue weighted by molar-refractivity contribution is 7.90.